The van der Waals surface area contributed by atoms with Gasteiger partial charge in [0.1, 0.15) is 12.6 Å². The van der Waals surface area contributed by atoms with Crippen LogP contribution in [0.4, 0.5) is 32.2 Å². The number of alkyl halides is 6. The second-order valence-corrected chi connectivity index (χ2v) is 12.7. The lowest BCUT2D eigenvalue weighted by Gasteiger charge is -2.31. The molecule has 1 atom stereocenters. The number of halogens is 6. The fourth-order valence-electron chi connectivity index (χ4n) is 4.86. The minimum atomic E-state index is -5.77. The number of rotatable bonds is 13. The van der Waals surface area contributed by atoms with Crippen LogP contribution in [0.1, 0.15) is 42.6 Å². The van der Waals surface area contributed by atoms with Crippen LogP contribution < -0.4 is 16.4 Å². The van der Waals surface area contributed by atoms with Gasteiger partial charge in [-0.3, -0.25) is 28.8 Å². The zero-order valence-corrected chi connectivity index (χ0v) is 29.1. The van der Waals surface area contributed by atoms with Crippen LogP contribution in [-0.4, -0.2) is 93.2 Å². The number of hydrogen-bond donors (Lipinski definition) is 3. The van der Waals surface area contributed by atoms with E-state index in [1.165, 1.54) is 6.33 Å². The number of aromatic nitrogens is 2. The standard InChI is InChI=1S/C31H38N6O5.C4F6O2/c1-31(2,32)30(41)34-25(20-42-19-22-9-5-3-6-10-22)29(40)35-26-17-36(21-33-26)18-27(38)37-15-13-24(14-16-37)28(39)23-11-7-4-8-12-23;5-3(6,7)1(11)2(12)4(8,9)10/h3-12,17,21,24-25H,13-16,18-20,32H2,1-2H3,(H,34,41)(H,35,40);/t25-;/m1./s1. The first-order chi connectivity index (χ1) is 25.2. The van der Waals surface area contributed by atoms with Gasteiger partial charge >= 0.3 is 23.9 Å². The van der Waals surface area contributed by atoms with Crippen molar-refractivity contribution in [1.82, 2.24) is 19.8 Å². The lowest BCUT2D eigenvalue weighted by Crippen LogP contribution is -2.56. The van der Waals surface area contributed by atoms with E-state index in [0.29, 0.717) is 31.5 Å². The molecule has 3 amide bonds. The Balaban J connectivity index is 0.000000562. The molecule has 0 bridgehead atoms. The average Bonchev–Trinajstić information content (AvgIpc) is 3.56. The number of hydrogen-bond acceptors (Lipinski definition) is 9. The molecular weight excluding hydrogens is 730 g/mol. The van der Waals surface area contributed by atoms with Crippen LogP contribution >= 0.6 is 0 Å². The maximum absolute atomic E-state index is 13.1. The third kappa shape index (κ3) is 13.2. The van der Waals surface area contributed by atoms with Crippen molar-refractivity contribution in [3.8, 4) is 0 Å². The summed E-state index contributed by atoms with van der Waals surface area (Å²) in [7, 11) is 0. The number of carbonyl (C=O) groups excluding carboxylic acids is 6. The molecule has 0 unspecified atom stereocenters. The van der Waals surface area contributed by atoms with Crippen molar-refractivity contribution in [2.24, 2.45) is 11.7 Å². The highest BCUT2D eigenvalue weighted by Crippen LogP contribution is 2.24. The number of nitrogens with zero attached hydrogens (tertiary/aromatic N) is 3. The fraction of sp³-hybridized carbons (Fsp3) is 0.400. The SMILES string of the molecule is CC(C)(N)C(=O)N[C@H](COCc1ccccc1)C(=O)Nc1cn(CC(=O)N2CCC(C(=O)c3ccccc3)CC2)cn1.O=C(C(=O)C(F)(F)F)C(F)(F)F. The van der Waals surface area contributed by atoms with E-state index in [9.17, 15) is 55.1 Å². The van der Waals surface area contributed by atoms with Crippen molar-refractivity contribution in [1.29, 1.82) is 0 Å². The van der Waals surface area contributed by atoms with Crippen molar-refractivity contribution in [2.45, 2.75) is 63.8 Å². The topological polar surface area (TPSA) is 183 Å². The maximum atomic E-state index is 13.1. The van der Waals surface area contributed by atoms with E-state index in [0.717, 1.165) is 5.56 Å². The molecular formula is C35H38F6N6O7. The number of carbonyl (C=O) groups is 6. The smallest absolute Gasteiger partial charge is 0.374 e. The number of benzene rings is 2. The molecule has 13 nitrogen and oxygen atoms in total. The highest BCUT2D eigenvalue weighted by Gasteiger charge is 2.54. The molecule has 1 saturated heterocycles. The minimum Gasteiger partial charge on any atom is -0.374 e. The molecule has 0 radical (unpaired) electrons. The van der Waals surface area contributed by atoms with Gasteiger partial charge in [-0.15, -0.1) is 0 Å². The van der Waals surface area contributed by atoms with Gasteiger partial charge in [0.05, 0.1) is 25.1 Å². The van der Waals surface area contributed by atoms with Crippen molar-refractivity contribution < 1.29 is 59.8 Å². The number of nitrogens with one attached hydrogen (secondary N) is 2. The van der Waals surface area contributed by atoms with Crippen molar-refractivity contribution in [3.05, 3.63) is 84.3 Å². The monoisotopic (exact) mass is 768 g/mol. The summed E-state index contributed by atoms with van der Waals surface area (Å²) in [5.41, 5.74) is 6.34. The van der Waals surface area contributed by atoms with Crippen LogP contribution in [0.15, 0.2) is 73.2 Å². The number of piperidine rings is 1. The van der Waals surface area contributed by atoms with Crippen molar-refractivity contribution in [2.75, 3.05) is 25.0 Å². The molecule has 292 valence electrons. The van der Waals surface area contributed by atoms with E-state index >= 15 is 0 Å². The van der Waals surface area contributed by atoms with Crippen LogP contribution in [0.25, 0.3) is 0 Å². The average molecular weight is 769 g/mol. The summed E-state index contributed by atoms with van der Waals surface area (Å²) in [6.45, 7) is 4.33. The van der Waals surface area contributed by atoms with Gasteiger partial charge in [-0.25, -0.2) is 4.98 Å². The Morgan fingerprint density at radius 2 is 1.41 bits per heavy atom. The first-order valence-corrected chi connectivity index (χ1v) is 16.3. The zero-order valence-electron chi connectivity index (χ0n) is 29.1. The molecule has 0 aliphatic carbocycles. The maximum Gasteiger partial charge on any atom is 0.458 e. The third-order valence-corrected chi connectivity index (χ3v) is 7.80. The van der Waals surface area contributed by atoms with Crippen molar-refractivity contribution >= 4 is 40.9 Å². The van der Waals surface area contributed by atoms with Gasteiger partial charge in [-0.1, -0.05) is 60.7 Å². The molecule has 3 aromatic rings. The van der Waals surface area contributed by atoms with E-state index in [4.69, 9.17) is 10.5 Å². The van der Waals surface area contributed by atoms with Crippen molar-refractivity contribution in [3.63, 3.8) is 0 Å². The van der Waals surface area contributed by atoms with Crippen LogP contribution in [-0.2, 0) is 41.9 Å². The number of imidazole rings is 1. The van der Waals surface area contributed by atoms with Gasteiger partial charge in [-0.05, 0) is 32.3 Å². The molecule has 4 N–H and O–H groups in total. The van der Waals surface area contributed by atoms with E-state index in [1.54, 1.807) is 29.5 Å². The Labute approximate surface area is 305 Å². The van der Waals surface area contributed by atoms with Gasteiger partial charge in [-0.2, -0.15) is 26.3 Å². The third-order valence-electron chi connectivity index (χ3n) is 7.80. The number of anilines is 1. The van der Waals surface area contributed by atoms with Gasteiger partial charge in [0, 0.05) is 30.8 Å². The predicted molar refractivity (Wildman–Crippen MR) is 179 cm³/mol. The number of ketones is 3. The summed E-state index contributed by atoms with van der Waals surface area (Å²) in [4.78, 5) is 76.5. The normalized spacial score (nSPS) is 14.3. The summed E-state index contributed by atoms with van der Waals surface area (Å²) in [6.07, 6.45) is -7.30. The molecule has 0 spiro atoms. The summed E-state index contributed by atoms with van der Waals surface area (Å²) in [5.74, 6) is -7.69. The molecule has 2 heterocycles. The Kier molecular flexibility index (Phi) is 14.8. The predicted octanol–water partition coefficient (Wildman–Crippen LogP) is 3.63. The van der Waals surface area contributed by atoms with E-state index < -0.39 is 47.3 Å². The highest BCUT2D eigenvalue weighted by atomic mass is 19.4. The van der Waals surface area contributed by atoms with Crippen LogP contribution in [0.3, 0.4) is 0 Å². The number of ether oxygens (including phenoxy) is 1. The molecule has 19 heteroatoms. The lowest BCUT2D eigenvalue weighted by molar-refractivity contribution is -0.193. The lowest BCUT2D eigenvalue weighted by atomic mass is 9.89. The number of likely N-dealkylation sites (tertiary alicyclic amines) is 1. The molecule has 1 aromatic heterocycles. The second kappa shape index (κ2) is 18.6. The summed E-state index contributed by atoms with van der Waals surface area (Å²) in [5, 5.41) is 5.33. The highest BCUT2D eigenvalue weighted by molar-refractivity contribution is 6.41. The first-order valence-electron chi connectivity index (χ1n) is 16.3. The number of nitrogens with two attached hydrogens (primary N) is 1. The fourth-order valence-corrected chi connectivity index (χ4v) is 4.86. The Morgan fingerprint density at radius 3 is 1.93 bits per heavy atom. The summed E-state index contributed by atoms with van der Waals surface area (Å²) in [6, 6.07) is 17.7. The molecule has 0 saturated carbocycles. The molecule has 4 rings (SSSR count). The molecule has 1 aliphatic heterocycles. The summed E-state index contributed by atoms with van der Waals surface area (Å²) < 4.78 is 74.3. The molecule has 1 fully saturated rings. The second-order valence-electron chi connectivity index (χ2n) is 12.7. The minimum absolute atomic E-state index is 0.0435. The zero-order chi connectivity index (χ0) is 40.3. The Hall–Kier alpha value is -5.43. The molecule has 1 aliphatic rings. The van der Waals surface area contributed by atoms with Gasteiger partial charge in [0.25, 0.3) is 5.91 Å². The quantitative estimate of drug-likeness (QED) is 0.133. The number of amides is 3. The summed E-state index contributed by atoms with van der Waals surface area (Å²) >= 11 is 0. The molecule has 54 heavy (non-hydrogen) atoms. The Morgan fingerprint density at radius 1 is 0.870 bits per heavy atom. The number of Topliss-reactive ketones (excluding diaryl/α,β-unsaturated/α-hetero) is 3. The van der Waals surface area contributed by atoms with E-state index in [2.05, 4.69) is 15.6 Å². The van der Waals surface area contributed by atoms with Gasteiger partial charge in [0.15, 0.2) is 11.6 Å². The van der Waals surface area contributed by atoms with Gasteiger partial charge < -0.3 is 30.6 Å². The van der Waals surface area contributed by atoms with E-state index in [-0.39, 0.29) is 43.2 Å². The largest absolute Gasteiger partial charge is 0.458 e. The first kappa shape index (κ1) is 43.0. The van der Waals surface area contributed by atoms with Crippen LogP contribution in [0, 0.1) is 5.92 Å². The Bertz CT molecular complexity index is 1740. The van der Waals surface area contributed by atoms with Crippen LogP contribution in [0.5, 0.6) is 0 Å². The van der Waals surface area contributed by atoms with Gasteiger partial charge in [0.2, 0.25) is 11.8 Å². The van der Waals surface area contributed by atoms with Crippen LogP contribution in [0.2, 0.25) is 0 Å². The van der Waals surface area contributed by atoms with E-state index in [1.807, 2.05) is 60.7 Å². The molecule has 2 aromatic carbocycles.